The standard InChI is InChI=1S/C8H12N2O3/c11-6-8(3-4-9-6)2-1-5-10(8)7(12)13/h1-5H2,(H,9,11)(H,12,13). The van der Waals surface area contributed by atoms with E-state index in [0.717, 1.165) is 6.42 Å². The summed E-state index contributed by atoms with van der Waals surface area (Å²) in [6.07, 6.45) is 1.11. The van der Waals surface area contributed by atoms with E-state index in [0.29, 0.717) is 25.9 Å². The highest BCUT2D eigenvalue weighted by Gasteiger charge is 2.52. The Morgan fingerprint density at radius 3 is 2.85 bits per heavy atom. The van der Waals surface area contributed by atoms with Crippen LogP contribution in [0.4, 0.5) is 4.79 Å². The summed E-state index contributed by atoms with van der Waals surface area (Å²) in [4.78, 5) is 23.6. The summed E-state index contributed by atoms with van der Waals surface area (Å²) in [5, 5.41) is 11.6. The zero-order chi connectivity index (χ0) is 9.47. The van der Waals surface area contributed by atoms with Gasteiger partial charge < -0.3 is 10.4 Å². The van der Waals surface area contributed by atoms with Gasteiger partial charge in [0.1, 0.15) is 5.54 Å². The maximum Gasteiger partial charge on any atom is 0.408 e. The van der Waals surface area contributed by atoms with E-state index in [2.05, 4.69) is 5.32 Å². The Bertz CT molecular complexity index is 262. The number of hydrogen-bond acceptors (Lipinski definition) is 2. The van der Waals surface area contributed by atoms with E-state index >= 15 is 0 Å². The van der Waals surface area contributed by atoms with Gasteiger partial charge in [0.2, 0.25) is 5.91 Å². The Morgan fingerprint density at radius 1 is 1.54 bits per heavy atom. The molecule has 2 aliphatic heterocycles. The molecule has 1 spiro atoms. The van der Waals surface area contributed by atoms with Crippen molar-refractivity contribution in [3.63, 3.8) is 0 Å². The molecular formula is C8H12N2O3. The molecule has 5 heteroatoms. The van der Waals surface area contributed by atoms with Crippen LogP contribution >= 0.6 is 0 Å². The van der Waals surface area contributed by atoms with E-state index in [4.69, 9.17) is 5.11 Å². The quantitative estimate of drug-likeness (QED) is 0.557. The highest BCUT2D eigenvalue weighted by Crippen LogP contribution is 2.35. The fourth-order valence-electron chi connectivity index (χ4n) is 2.31. The number of carbonyl (C=O) groups excluding carboxylic acids is 1. The third-order valence-corrected chi connectivity index (χ3v) is 2.97. The first kappa shape index (κ1) is 8.34. The van der Waals surface area contributed by atoms with E-state index in [9.17, 15) is 9.59 Å². The Labute approximate surface area is 75.7 Å². The molecule has 2 aliphatic rings. The second-order valence-electron chi connectivity index (χ2n) is 3.58. The molecule has 2 rings (SSSR count). The number of rotatable bonds is 0. The van der Waals surface area contributed by atoms with Crippen LogP contribution in [0.5, 0.6) is 0 Å². The SMILES string of the molecule is O=C(O)N1CCCC12CCNC2=O. The number of amides is 2. The minimum absolute atomic E-state index is 0.118. The van der Waals surface area contributed by atoms with Gasteiger partial charge in [-0.2, -0.15) is 0 Å². The van der Waals surface area contributed by atoms with Crippen LogP contribution in [0.15, 0.2) is 0 Å². The smallest absolute Gasteiger partial charge is 0.408 e. The summed E-state index contributed by atoms with van der Waals surface area (Å²) in [6.45, 7) is 1.09. The third-order valence-electron chi connectivity index (χ3n) is 2.97. The summed E-state index contributed by atoms with van der Waals surface area (Å²) in [6, 6.07) is 0. The number of carbonyl (C=O) groups is 2. The van der Waals surface area contributed by atoms with Gasteiger partial charge in [-0.3, -0.25) is 9.69 Å². The number of likely N-dealkylation sites (tertiary alicyclic amines) is 1. The summed E-state index contributed by atoms with van der Waals surface area (Å²) in [7, 11) is 0. The van der Waals surface area contributed by atoms with Crippen molar-refractivity contribution >= 4 is 12.0 Å². The predicted octanol–water partition coefficient (Wildman–Crippen LogP) is 0.0189. The molecule has 72 valence electrons. The summed E-state index contributed by atoms with van der Waals surface area (Å²) >= 11 is 0. The maximum absolute atomic E-state index is 11.5. The van der Waals surface area contributed by atoms with Crippen LogP contribution in [-0.2, 0) is 4.79 Å². The van der Waals surface area contributed by atoms with Crippen LogP contribution in [-0.4, -0.2) is 40.6 Å². The molecule has 2 heterocycles. The van der Waals surface area contributed by atoms with Crippen molar-refractivity contribution < 1.29 is 14.7 Å². The molecule has 0 aliphatic carbocycles. The van der Waals surface area contributed by atoms with E-state index in [1.54, 1.807) is 0 Å². The van der Waals surface area contributed by atoms with Crippen molar-refractivity contribution in [2.45, 2.75) is 24.8 Å². The fourth-order valence-corrected chi connectivity index (χ4v) is 2.31. The van der Waals surface area contributed by atoms with Gasteiger partial charge in [-0.05, 0) is 19.3 Å². The minimum atomic E-state index is -0.977. The molecular weight excluding hydrogens is 172 g/mol. The molecule has 0 radical (unpaired) electrons. The van der Waals surface area contributed by atoms with Crippen LogP contribution in [0.25, 0.3) is 0 Å². The third kappa shape index (κ3) is 0.993. The molecule has 2 saturated heterocycles. The van der Waals surface area contributed by atoms with Gasteiger partial charge >= 0.3 is 6.09 Å². The molecule has 0 saturated carbocycles. The van der Waals surface area contributed by atoms with E-state index in [-0.39, 0.29) is 5.91 Å². The lowest BCUT2D eigenvalue weighted by Gasteiger charge is -2.29. The number of hydrogen-bond donors (Lipinski definition) is 2. The molecule has 0 aromatic carbocycles. The van der Waals surface area contributed by atoms with Gasteiger partial charge in [0, 0.05) is 13.1 Å². The van der Waals surface area contributed by atoms with E-state index in [1.165, 1.54) is 4.90 Å². The topological polar surface area (TPSA) is 69.6 Å². The van der Waals surface area contributed by atoms with Gasteiger partial charge in [-0.25, -0.2) is 4.79 Å². The van der Waals surface area contributed by atoms with Gasteiger partial charge in [-0.1, -0.05) is 0 Å². The average molecular weight is 184 g/mol. The van der Waals surface area contributed by atoms with Crippen molar-refractivity contribution in [3.05, 3.63) is 0 Å². The lowest BCUT2D eigenvalue weighted by molar-refractivity contribution is -0.127. The molecule has 0 bridgehead atoms. The molecule has 0 aromatic heterocycles. The summed E-state index contributed by atoms with van der Waals surface area (Å²) < 4.78 is 0. The van der Waals surface area contributed by atoms with E-state index < -0.39 is 11.6 Å². The molecule has 1 unspecified atom stereocenters. The van der Waals surface area contributed by atoms with Crippen molar-refractivity contribution in [1.29, 1.82) is 0 Å². The van der Waals surface area contributed by atoms with Crippen LogP contribution in [0.3, 0.4) is 0 Å². The van der Waals surface area contributed by atoms with Crippen molar-refractivity contribution in [2.75, 3.05) is 13.1 Å². The maximum atomic E-state index is 11.5. The van der Waals surface area contributed by atoms with Crippen LogP contribution in [0.2, 0.25) is 0 Å². The number of carboxylic acid groups (broad SMARTS) is 1. The Hall–Kier alpha value is -1.26. The lowest BCUT2D eigenvalue weighted by atomic mass is 9.95. The van der Waals surface area contributed by atoms with Crippen molar-refractivity contribution in [3.8, 4) is 0 Å². The molecule has 2 amide bonds. The zero-order valence-electron chi connectivity index (χ0n) is 7.25. The first-order valence-corrected chi connectivity index (χ1v) is 4.46. The largest absolute Gasteiger partial charge is 0.465 e. The van der Waals surface area contributed by atoms with E-state index in [1.807, 2.05) is 0 Å². The monoisotopic (exact) mass is 184 g/mol. The van der Waals surface area contributed by atoms with Crippen molar-refractivity contribution in [1.82, 2.24) is 10.2 Å². The Morgan fingerprint density at radius 2 is 2.31 bits per heavy atom. The fraction of sp³-hybridized carbons (Fsp3) is 0.750. The molecule has 13 heavy (non-hydrogen) atoms. The normalized spacial score (nSPS) is 32.6. The Kier molecular flexibility index (Phi) is 1.68. The first-order valence-electron chi connectivity index (χ1n) is 4.46. The highest BCUT2D eigenvalue weighted by atomic mass is 16.4. The van der Waals surface area contributed by atoms with Gasteiger partial charge in [0.05, 0.1) is 0 Å². The van der Waals surface area contributed by atoms with Crippen LogP contribution in [0, 0.1) is 0 Å². The lowest BCUT2D eigenvalue weighted by Crippen LogP contribution is -2.51. The molecule has 2 N–H and O–H groups in total. The summed E-state index contributed by atoms with van der Waals surface area (Å²) in [5.74, 6) is -0.118. The highest BCUT2D eigenvalue weighted by molar-refractivity contribution is 5.92. The molecule has 0 aromatic rings. The van der Waals surface area contributed by atoms with Crippen LogP contribution in [0.1, 0.15) is 19.3 Å². The molecule has 1 atom stereocenters. The van der Waals surface area contributed by atoms with Gasteiger partial charge in [0.15, 0.2) is 0 Å². The number of nitrogens with one attached hydrogen (secondary N) is 1. The van der Waals surface area contributed by atoms with Gasteiger partial charge in [0.25, 0.3) is 0 Å². The predicted molar refractivity (Wildman–Crippen MR) is 44.3 cm³/mol. The van der Waals surface area contributed by atoms with Gasteiger partial charge in [-0.15, -0.1) is 0 Å². The summed E-state index contributed by atoms with van der Waals surface area (Å²) in [5.41, 5.74) is -0.730. The number of nitrogens with zero attached hydrogens (tertiary/aromatic N) is 1. The second kappa shape index (κ2) is 2.61. The first-order chi connectivity index (χ1) is 6.17. The Balaban J connectivity index is 2.29. The van der Waals surface area contributed by atoms with Crippen LogP contribution < -0.4 is 5.32 Å². The molecule has 2 fully saturated rings. The second-order valence-corrected chi connectivity index (χ2v) is 3.58. The van der Waals surface area contributed by atoms with Crippen molar-refractivity contribution in [2.24, 2.45) is 0 Å². The molecule has 5 nitrogen and oxygen atoms in total. The zero-order valence-corrected chi connectivity index (χ0v) is 7.25. The average Bonchev–Trinajstić information content (AvgIpc) is 2.62. The minimum Gasteiger partial charge on any atom is -0.465 e.